The summed E-state index contributed by atoms with van der Waals surface area (Å²) in [4.78, 5) is 3.47. The van der Waals surface area contributed by atoms with Crippen molar-refractivity contribution in [3.63, 3.8) is 0 Å². The van der Waals surface area contributed by atoms with Crippen LogP contribution in [0.1, 0.15) is 37.3 Å². The molecule has 0 bridgehead atoms. The van der Waals surface area contributed by atoms with Crippen molar-refractivity contribution in [3.05, 3.63) is 102 Å². The second-order valence-corrected chi connectivity index (χ2v) is 8.94. The van der Waals surface area contributed by atoms with E-state index in [0.29, 0.717) is 5.56 Å². The smallest absolute Gasteiger partial charge is 0.153 e. The molecule has 176 valence electrons. The standard InChI is InChI=1S/C31H27F2NS/c1-3-4-5-6-22-7-9-25(10-8-22)28-16-15-26(17-21(28)2)23-11-13-24(14-12-23)27-18-29(32)31(34-20-35)30(33)19-27/h7-19H,3-6H2,1-2H3. The van der Waals surface area contributed by atoms with Gasteiger partial charge in [-0.3, -0.25) is 0 Å². The maximum atomic E-state index is 14.2. The molecule has 0 radical (unpaired) electrons. The molecule has 0 aromatic heterocycles. The van der Waals surface area contributed by atoms with E-state index in [9.17, 15) is 8.78 Å². The summed E-state index contributed by atoms with van der Waals surface area (Å²) in [6.45, 7) is 4.35. The van der Waals surface area contributed by atoms with Gasteiger partial charge in [-0.1, -0.05) is 86.5 Å². The van der Waals surface area contributed by atoms with Crippen molar-refractivity contribution in [1.82, 2.24) is 0 Å². The quantitative estimate of drug-likeness (QED) is 0.138. The number of aryl methyl sites for hydroxylation is 2. The van der Waals surface area contributed by atoms with Crippen molar-refractivity contribution < 1.29 is 8.78 Å². The van der Waals surface area contributed by atoms with Crippen LogP contribution in [0.5, 0.6) is 0 Å². The number of nitrogens with zero attached hydrogens (tertiary/aromatic N) is 1. The largest absolute Gasteiger partial charge is 0.204 e. The van der Waals surface area contributed by atoms with E-state index < -0.39 is 17.3 Å². The zero-order chi connectivity index (χ0) is 24.8. The monoisotopic (exact) mass is 483 g/mol. The Kier molecular flexibility index (Phi) is 7.97. The molecule has 4 aromatic rings. The molecule has 0 saturated heterocycles. The van der Waals surface area contributed by atoms with Crippen LogP contribution >= 0.6 is 12.2 Å². The lowest BCUT2D eigenvalue weighted by molar-refractivity contribution is 0.588. The van der Waals surface area contributed by atoms with Crippen LogP contribution in [0, 0.1) is 18.6 Å². The van der Waals surface area contributed by atoms with Crippen molar-refractivity contribution in [1.29, 1.82) is 0 Å². The SMILES string of the molecule is CCCCCc1ccc(-c2ccc(-c3ccc(-c4cc(F)c(N=C=S)c(F)c4)cc3)cc2C)cc1. The van der Waals surface area contributed by atoms with Gasteiger partial charge in [0.15, 0.2) is 11.6 Å². The highest BCUT2D eigenvalue weighted by molar-refractivity contribution is 7.78. The van der Waals surface area contributed by atoms with Gasteiger partial charge in [0, 0.05) is 0 Å². The minimum absolute atomic E-state index is 0.415. The molecule has 0 unspecified atom stereocenters. The van der Waals surface area contributed by atoms with Gasteiger partial charge in [0.05, 0.1) is 5.16 Å². The Balaban J connectivity index is 1.54. The lowest BCUT2D eigenvalue weighted by atomic mass is 9.94. The second-order valence-electron chi connectivity index (χ2n) is 8.75. The Morgan fingerprint density at radius 2 is 1.29 bits per heavy atom. The topological polar surface area (TPSA) is 12.4 Å². The van der Waals surface area contributed by atoms with Crippen LogP contribution in [0.3, 0.4) is 0 Å². The molecule has 35 heavy (non-hydrogen) atoms. The molecule has 4 rings (SSSR count). The zero-order valence-electron chi connectivity index (χ0n) is 19.9. The Morgan fingerprint density at radius 1 is 0.714 bits per heavy atom. The molecule has 0 saturated carbocycles. The summed E-state index contributed by atoms with van der Waals surface area (Å²) in [5.41, 5.74) is 7.90. The number of aliphatic imine (C=N–C) groups is 1. The number of halogens is 2. The third-order valence-electron chi connectivity index (χ3n) is 6.29. The average molecular weight is 484 g/mol. The van der Waals surface area contributed by atoms with E-state index in [1.165, 1.54) is 53.6 Å². The zero-order valence-corrected chi connectivity index (χ0v) is 20.8. The number of thiocarbonyl (C=S) groups is 1. The van der Waals surface area contributed by atoms with Gasteiger partial charge in [-0.2, -0.15) is 4.99 Å². The Hall–Kier alpha value is -3.46. The lowest BCUT2D eigenvalue weighted by Gasteiger charge is -2.11. The highest BCUT2D eigenvalue weighted by Crippen LogP contribution is 2.32. The van der Waals surface area contributed by atoms with E-state index in [2.05, 4.69) is 73.5 Å². The van der Waals surface area contributed by atoms with E-state index in [-0.39, 0.29) is 0 Å². The third-order valence-corrected chi connectivity index (χ3v) is 6.38. The average Bonchev–Trinajstić information content (AvgIpc) is 2.87. The van der Waals surface area contributed by atoms with E-state index in [1.807, 2.05) is 29.4 Å². The van der Waals surface area contributed by atoms with Crippen molar-refractivity contribution >= 4 is 23.1 Å². The fraction of sp³-hybridized carbons (Fsp3) is 0.194. The maximum absolute atomic E-state index is 14.2. The summed E-state index contributed by atoms with van der Waals surface area (Å²) in [5.74, 6) is -1.52. The molecule has 0 aliphatic rings. The van der Waals surface area contributed by atoms with Gasteiger partial charge in [0.2, 0.25) is 0 Å². The molecule has 0 fully saturated rings. The molecule has 0 amide bonds. The van der Waals surface area contributed by atoms with Crippen molar-refractivity contribution in [3.8, 4) is 33.4 Å². The number of hydrogen-bond acceptors (Lipinski definition) is 2. The first-order chi connectivity index (χ1) is 17.0. The summed E-state index contributed by atoms with van der Waals surface area (Å²) in [6.07, 6.45) is 4.88. The molecule has 1 nitrogen and oxygen atoms in total. The van der Waals surface area contributed by atoms with Crippen LogP contribution in [0.4, 0.5) is 14.5 Å². The highest BCUT2D eigenvalue weighted by atomic mass is 32.1. The fourth-order valence-corrected chi connectivity index (χ4v) is 4.43. The summed E-state index contributed by atoms with van der Waals surface area (Å²) >= 11 is 4.46. The molecule has 0 heterocycles. The number of isothiocyanates is 1. The minimum atomic E-state index is -0.762. The van der Waals surface area contributed by atoms with Crippen LogP contribution in [-0.4, -0.2) is 5.16 Å². The number of hydrogen-bond donors (Lipinski definition) is 0. The van der Waals surface area contributed by atoms with Gasteiger partial charge in [0.25, 0.3) is 0 Å². The number of rotatable bonds is 8. The van der Waals surface area contributed by atoms with Crippen molar-refractivity contribution in [2.45, 2.75) is 39.5 Å². The first kappa shape index (κ1) is 24.7. The third kappa shape index (κ3) is 5.79. The van der Waals surface area contributed by atoms with Gasteiger partial charge in [-0.05, 0) is 88.6 Å². The second kappa shape index (κ2) is 11.3. The summed E-state index contributed by atoms with van der Waals surface area (Å²) in [6, 6.07) is 25.5. The van der Waals surface area contributed by atoms with Gasteiger partial charge < -0.3 is 0 Å². The number of benzene rings is 4. The van der Waals surface area contributed by atoms with Crippen LogP contribution in [0.2, 0.25) is 0 Å². The Labute approximate surface area is 211 Å². The van der Waals surface area contributed by atoms with E-state index in [4.69, 9.17) is 0 Å². The Bertz CT molecular complexity index is 1350. The van der Waals surface area contributed by atoms with Crippen LogP contribution in [-0.2, 0) is 6.42 Å². The molecular formula is C31H27F2NS. The van der Waals surface area contributed by atoms with E-state index in [0.717, 1.165) is 23.1 Å². The van der Waals surface area contributed by atoms with E-state index in [1.54, 1.807) is 0 Å². The molecule has 0 aliphatic carbocycles. The lowest BCUT2D eigenvalue weighted by Crippen LogP contribution is -1.89. The summed E-state index contributed by atoms with van der Waals surface area (Å²) < 4.78 is 28.4. The molecule has 4 heteroatoms. The number of unbranched alkanes of at least 4 members (excludes halogenated alkanes) is 2. The fourth-order valence-electron chi connectivity index (χ4n) is 4.34. The van der Waals surface area contributed by atoms with Gasteiger partial charge in [-0.25, -0.2) is 8.78 Å². The van der Waals surface area contributed by atoms with E-state index >= 15 is 0 Å². The normalized spacial score (nSPS) is 10.7. The van der Waals surface area contributed by atoms with Gasteiger partial charge in [0.1, 0.15) is 5.69 Å². The van der Waals surface area contributed by atoms with Crippen LogP contribution in [0.15, 0.2) is 83.9 Å². The first-order valence-corrected chi connectivity index (χ1v) is 12.3. The maximum Gasteiger partial charge on any atom is 0.153 e. The van der Waals surface area contributed by atoms with Crippen molar-refractivity contribution in [2.75, 3.05) is 0 Å². The molecule has 0 N–H and O–H groups in total. The van der Waals surface area contributed by atoms with Gasteiger partial charge >= 0.3 is 0 Å². The molecule has 0 spiro atoms. The molecule has 4 aromatic carbocycles. The molecular weight excluding hydrogens is 456 g/mol. The predicted molar refractivity (Wildman–Crippen MR) is 145 cm³/mol. The van der Waals surface area contributed by atoms with Crippen molar-refractivity contribution in [2.24, 2.45) is 4.99 Å². The molecule has 0 aliphatic heterocycles. The van der Waals surface area contributed by atoms with Gasteiger partial charge in [-0.15, -0.1) is 0 Å². The molecule has 0 atom stereocenters. The summed E-state index contributed by atoms with van der Waals surface area (Å²) in [7, 11) is 0. The Morgan fingerprint density at radius 3 is 1.86 bits per heavy atom. The predicted octanol–water partition coefficient (Wildman–Crippen LogP) is 9.74. The van der Waals surface area contributed by atoms with Crippen LogP contribution < -0.4 is 0 Å². The summed E-state index contributed by atoms with van der Waals surface area (Å²) in [5, 5.41) is 2.01. The van der Waals surface area contributed by atoms with Crippen LogP contribution in [0.25, 0.3) is 33.4 Å². The highest BCUT2D eigenvalue weighted by Gasteiger charge is 2.12. The minimum Gasteiger partial charge on any atom is -0.204 e. The first-order valence-electron chi connectivity index (χ1n) is 11.9.